The van der Waals surface area contributed by atoms with E-state index in [4.69, 9.17) is 0 Å². The summed E-state index contributed by atoms with van der Waals surface area (Å²) in [6.07, 6.45) is 1.49. The first-order valence-electron chi connectivity index (χ1n) is 7.65. The lowest BCUT2D eigenvalue weighted by Gasteiger charge is -2.09. The van der Waals surface area contributed by atoms with Gasteiger partial charge in [-0.05, 0) is 53.2 Å². The molecule has 27 heavy (non-hydrogen) atoms. The van der Waals surface area contributed by atoms with Crippen LogP contribution in [0.4, 0.5) is 5.82 Å². The average Bonchev–Trinajstić information content (AvgIpc) is 2.60. The molecule has 3 N–H and O–H groups in total. The molecule has 0 unspecified atom stereocenters. The molecular formula is C18H13Br3N4O2. The van der Waals surface area contributed by atoms with Crippen molar-refractivity contribution < 1.29 is 10.2 Å². The van der Waals surface area contributed by atoms with E-state index in [1.807, 2.05) is 6.92 Å². The summed E-state index contributed by atoms with van der Waals surface area (Å²) in [5, 5.41) is 24.3. The van der Waals surface area contributed by atoms with Crippen molar-refractivity contribution in [1.82, 2.24) is 9.97 Å². The molecule has 3 rings (SSSR count). The van der Waals surface area contributed by atoms with Gasteiger partial charge in [-0.25, -0.2) is 9.97 Å². The summed E-state index contributed by atoms with van der Waals surface area (Å²) in [6.45, 7) is 1.82. The van der Waals surface area contributed by atoms with Crippen LogP contribution in [-0.4, -0.2) is 26.4 Å². The summed E-state index contributed by atoms with van der Waals surface area (Å²) in [5.41, 5.74) is 4.57. The number of aryl methyl sites for hydroxylation is 1. The second-order valence-corrected chi connectivity index (χ2v) is 8.26. The third-order valence-corrected chi connectivity index (χ3v) is 5.05. The molecule has 0 saturated heterocycles. The van der Waals surface area contributed by atoms with E-state index in [2.05, 4.69) is 68.3 Å². The van der Waals surface area contributed by atoms with Gasteiger partial charge in [-0.1, -0.05) is 31.9 Å². The Kier molecular flexibility index (Phi) is 6.13. The van der Waals surface area contributed by atoms with Crippen LogP contribution in [0.5, 0.6) is 11.5 Å². The van der Waals surface area contributed by atoms with Crippen LogP contribution in [0.3, 0.4) is 0 Å². The van der Waals surface area contributed by atoms with Crippen molar-refractivity contribution in [3.8, 4) is 22.9 Å². The van der Waals surface area contributed by atoms with Crippen LogP contribution in [-0.2, 0) is 0 Å². The molecular weight excluding hydrogens is 544 g/mol. The fourth-order valence-electron chi connectivity index (χ4n) is 2.28. The van der Waals surface area contributed by atoms with Gasteiger partial charge in [-0.3, -0.25) is 5.43 Å². The van der Waals surface area contributed by atoms with Crippen LogP contribution in [0.1, 0.15) is 11.3 Å². The number of rotatable bonds is 4. The molecule has 1 heterocycles. The van der Waals surface area contributed by atoms with Crippen LogP contribution < -0.4 is 5.43 Å². The first-order valence-corrected chi connectivity index (χ1v) is 10.0. The maximum atomic E-state index is 10.3. The van der Waals surface area contributed by atoms with E-state index in [0.29, 0.717) is 32.9 Å². The van der Waals surface area contributed by atoms with E-state index in [-0.39, 0.29) is 11.5 Å². The minimum absolute atomic E-state index is 0.0531. The molecule has 0 amide bonds. The molecule has 0 fully saturated rings. The Labute approximate surface area is 180 Å². The van der Waals surface area contributed by atoms with Gasteiger partial charge in [0.25, 0.3) is 0 Å². The second kappa shape index (κ2) is 8.37. The van der Waals surface area contributed by atoms with Gasteiger partial charge in [0.15, 0.2) is 11.6 Å². The highest BCUT2D eigenvalue weighted by Gasteiger charge is 2.13. The minimum Gasteiger partial charge on any atom is -0.507 e. The molecule has 6 nitrogen and oxygen atoms in total. The van der Waals surface area contributed by atoms with Crippen molar-refractivity contribution in [2.24, 2.45) is 5.10 Å². The zero-order valence-corrected chi connectivity index (χ0v) is 18.7. The SMILES string of the molecule is Cc1cc(N/N=C\c2cc(Br)ccc2O)nc(-c2cc(Br)cc(Br)c2O)n1. The normalized spacial score (nSPS) is 11.1. The number of phenolic OH excluding ortho intramolecular Hbond substituents is 2. The quantitative estimate of drug-likeness (QED) is 0.288. The van der Waals surface area contributed by atoms with Crippen molar-refractivity contribution in [3.05, 3.63) is 61.1 Å². The van der Waals surface area contributed by atoms with Crippen LogP contribution >= 0.6 is 47.8 Å². The zero-order valence-electron chi connectivity index (χ0n) is 13.9. The zero-order chi connectivity index (χ0) is 19.6. The van der Waals surface area contributed by atoms with Gasteiger partial charge in [0.05, 0.1) is 16.3 Å². The minimum atomic E-state index is 0.0531. The van der Waals surface area contributed by atoms with Crippen molar-refractivity contribution >= 4 is 59.8 Å². The number of hydrazone groups is 1. The van der Waals surface area contributed by atoms with Gasteiger partial charge < -0.3 is 10.2 Å². The predicted octanol–water partition coefficient (Wildman–Crippen LogP) is 5.60. The number of hydrogen-bond acceptors (Lipinski definition) is 6. The molecule has 9 heteroatoms. The molecule has 0 atom stereocenters. The van der Waals surface area contributed by atoms with E-state index in [1.165, 1.54) is 6.21 Å². The van der Waals surface area contributed by atoms with Crippen molar-refractivity contribution in [2.75, 3.05) is 5.43 Å². The molecule has 138 valence electrons. The van der Waals surface area contributed by atoms with Crippen molar-refractivity contribution in [3.63, 3.8) is 0 Å². The fourth-order valence-corrected chi connectivity index (χ4v) is 3.88. The smallest absolute Gasteiger partial charge is 0.165 e. The van der Waals surface area contributed by atoms with E-state index in [9.17, 15) is 10.2 Å². The van der Waals surface area contributed by atoms with Gasteiger partial charge in [0.1, 0.15) is 11.5 Å². The molecule has 0 aliphatic rings. The molecule has 0 aliphatic heterocycles. The number of aromatic hydroxyl groups is 2. The monoisotopic (exact) mass is 554 g/mol. The number of hydrogen-bond donors (Lipinski definition) is 3. The van der Waals surface area contributed by atoms with Crippen molar-refractivity contribution in [1.29, 1.82) is 0 Å². The number of benzene rings is 2. The largest absolute Gasteiger partial charge is 0.507 e. The lowest BCUT2D eigenvalue weighted by atomic mass is 10.2. The third kappa shape index (κ3) is 4.85. The maximum Gasteiger partial charge on any atom is 0.165 e. The molecule has 0 aliphatic carbocycles. The van der Waals surface area contributed by atoms with Gasteiger partial charge >= 0.3 is 0 Å². The Bertz CT molecular complexity index is 1040. The average molecular weight is 557 g/mol. The summed E-state index contributed by atoms with van der Waals surface area (Å²) in [6, 6.07) is 10.3. The van der Waals surface area contributed by atoms with Gasteiger partial charge in [0.2, 0.25) is 0 Å². The molecule has 3 aromatic rings. The molecule has 0 radical (unpaired) electrons. The first kappa shape index (κ1) is 19.8. The van der Waals surface area contributed by atoms with E-state index >= 15 is 0 Å². The lowest BCUT2D eigenvalue weighted by Crippen LogP contribution is -1.99. The molecule has 0 spiro atoms. The summed E-state index contributed by atoms with van der Waals surface area (Å²) >= 11 is 10.1. The Morgan fingerprint density at radius 3 is 2.56 bits per heavy atom. The fraction of sp³-hybridized carbons (Fsp3) is 0.0556. The highest BCUT2D eigenvalue weighted by Crippen LogP contribution is 2.37. The summed E-state index contributed by atoms with van der Waals surface area (Å²) in [7, 11) is 0. The topological polar surface area (TPSA) is 90.6 Å². The Balaban J connectivity index is 1.90. The van der Waals surface area contributed by atoms with Crippen LogP contribution in [0.15, 0.2) is 54.9 Å². The molecule has 0 saturated carbocycles. The van der Waals surface area contributed by atoms with E-state index < -0.39 is 0 Å². The summed E-state index contributed by atoms with van der Waals surface area (Å²) in [5.74, 6) is 0.987. The number of phenols is 2. The number of nitrogens with zero attached hydrogens (tertiary/aromatic N) is 3. The van der Waals surface area contributed by atoms with Gasteiger partial charge in [-0.15, -0.1) is 0 Å². The highest BCUT2D eigenvalue weighted by molar-refractivity contribution is 9.11. The molecule has 0 bridgehead atoms. The van der Waals surface area contributed by atoms with Gasteiger partial charge in [0, 0.05) is 26.3 Å². The number of halogens is 3. The molecule has 1 aromatic heterocycles. The van der Waals surface area contributed by atoms with Crippen LogP contribution in [0, 0.1) is 6.92 Å². The number of anilines is 1. The first-order chi connectivity index (χ1) is 12.8. The second-order valence-electron chi connectivity index (χ2n) is 5.58. The van der Waals surface area contributed by atoms with Crippen molar-refractivity contribution in [2.45, 2.75) is 6.92 Å². The third-order valence-electron chi connectivity index (χ3n) is 3.50. The van der Waals surface area contributed by atoms with E-state index in [1.54, 1.807) is 36.4 Å². The predicted molar refractivity (Wildman–Crippen MR) is 116 cm³/mol. The summed E-state index contributed by atoms with van der Waals surface area (Å²) in [4.78, 5) is 8.80. The lowest BCUT2D eigenvalue weighted by molar-refractivity contribution is 0.473. The highest BCUT2D eigenvalue weighted by atomic mass is 79.9. The van der Waals surface area contributed by atoms with E-state index in [0.717, 1.165) is 8.95 Å². The Hall–Kier alpha value is -1.97. The summed E-state index contributed by atoms with van der Waals surface area (Å²) < 4.78 is 2.15. The Morgan fingerprint density at radius 1 is 1.00 bits per heavy atom. The molecule has 2 aromatic carbocycles. The number of nitrogens with one attached hydrogen (secondary N) is 1. The standard InChI is InChI=1S/C18H13Br3N4O2/c1-9-4-16(25-22-8-10-5-11(19)2-3-15(10)26)24-18(23-9)13-6-12(20)7-14(21)17(13)27/h2-8,26-27H,1H3,(H,23,24,25)/b22-8-. The van der Waals surface area contributed by atoms with Crippen LogP contribution in [0.2, 0.25) is 0 Å². The number of aromatic nitrogens is 2. The van der Waals surface area contributed by atoms with Gasteiger partial charge in [-0.2, -0.15) is 5.10 Å². The maximum absolute atomic E-state index is 10.3. The Morgan fingerprint density at radius 2 is 1.78 bits per heavy atom. The van der Waals surface area contributed by atoms with Crippen LogP contribution in [0.25, 0.3) is 11.4 Å².